The van der Waals surface area contributed by atoms with Crippen molar-refractivity contribution in [3.63, 3.8) is 0 Å². The topological polar surface area (TPSA) is 146 Å². The van der Waals surface area contributed by atoms with Crippen LogP contribution in [0.25, 0.3) is 32.2 Å². The first-order valence-electron chi connectivity index (χ1n) is 15.8. The fourth-order valence-corrected chi connectivity index (χ4v) is 9.61. The molecule has 5 aliphatic heterocycles. The van der Waals surface area contributed by atoms with Gasteiger partial charge in [0, 0.05) is 42.7 Å². The van der Waals surface area contributed by atoms with Crippen LogP contribution in [0.1, 0.15) is 48.8 Å². The zero-order valence-corrected chi connectivity index (χ0v) is 25.8. The van der Waals surface area contributed by atoms with E-state index in [2.05, 4.69) is 26.2 Å². The molecule has 9 rings (SSSR count). The summed E-state index contributed by atoms with van der Waals surface area (Å²) in [6.45, 7) is 3.71. The molecule has 238 valence electrons. The highest BCUT2D eigenvalue weighted by Crippen LogP contribution is 2.48. The molecule has 0 radical (unpaired) electrons. The number of aromatic nitrogens is 3. The zero-order chi connectivity index (χ0) is 31.3. The molecule has 0 aliphatic carbocycles. The molecule has 4 atom stereocenters. The minimum absolute atomic E-state index is 0.0677. The number of aliphatic hydroxyl groups excluding tert-OH is 1. The van der Waals surface area contributed by atoms with Crippen molar-refractivity contribution in [1.29, 1.82) is 5.26 Å². The summed E-state index contributed by atoms with van der Waals surface area (Å²) in [7, 11) is 0. The molecule has 2 bridgehead atoms. The van der Waals surface area contributed by atoms with Crippen LogP contribution in [-0.2, 0) is 18.0 Å². The normalized spacial score (nSPS) is 27.1. The number of nitrogens with two attached hydrogens (primary N) is 1. The number of rotatable bonds is 5. The van der Waals surface area contributed by atoms with E-state index in [0.717, 1.165) is 68.4 Å². The maximum Gasteiger partial charge on any atom is 0.319 e. The van der Waals surface area contributed by atoms with Gasteiger partial charge < -0.3 is 30.5 Å². The summed E-state index contributed by atoms with van der Waals surface area (Å²) in [6, 6.07) is 2.51. The molecule has 14 heteroatoms. The lowest BCUT2D eigenvalue weighted by Gasteiger charge is -2.37. The molecule has 4 aromatic rings. The Kier molecular flexibility index (Phi) is 6.43. The summed E-state index contributed by atoms with van der Waals surface area (Å²) < 4.78 is 44.7. The standard InChI is InChI=1S/C32H32F2N8O3S/c33-21-10-38-26(23-18(7-35)29(36)46-28(21)23)22-19-12-44-13-20(19)24-27(25(22)34)39-31(40-30(24)42-15-2-3-16(42)9-37-8-15)45-14-32-4-1-5-41(32)11-17(43)6-32/h10,15-17,37,43H,1-6,8-9,11-14,36H2. The third-order valence-electron chi connectivity index (χ3n) is 10.7. The van der Waals surface area contributed by atoms with E-state index in [-0.39, 0.29) is 80.9 Å². The predicted octanol–water partition coefficient (Wildman–Crippen LogP) is 3.59. The quantitative estimate of drug-likeness (QED) is 0.293. The number of pyridine rings is 1. The van der Waals surface area contributed by atoms with Gasteiger partial charge in [0.15, 0.2) is 11.6 Å². The Morgan fingerprint density at radius 3 is 2.80 bits per heavy atom. The Hall–Kier alpha value is -3.74. The molecule has 3 aromatic heterocycles. The van der Waals surface area contributed by atoms with Crippen molar-refractivity contribution in [2.75, 3.05) is 43.4 Å². The summed E-state index contributed by atoms with van der Waals surface area (Å²) in [4.78, 5) is 18.7. The number of benzene rings is 1. The summed E-state index contributed by atoms with van der Waals surface area (Å²) in [5.41, 5.74) is 7.55. The highest BCUT2D eigenvalue weighted by Gasteiger charge is 2.49. The van der Waals surface area contributed by atoms with Gasteiger partial charge in [0.1, 0.15) is 29.0 Å². The molecule has 8 heterocycles. The molecule has 5 aliphatic rings. The molecule has 4 saturated heterocycles. The first-order valence-corrected chi connectivity index (χ1v) is 16.6. The third-order valence-corrected chi connectivity index (χ3v) is 11.7. The number of fused-ring (bicyclic) bond motifs is 7. The molecular formula is C32H32F2N8O3S. The molecule has 4 N–H and O–H groups in total. The molecule has 0 spiro atoms. The van der Waals surface area contributed by atoms with Gasteiger partial charge in [-0.1, -0.05) is 0 Å². The smallest absolute Gasteiger partial charge is 0.319 e. The number of hydrogen-bond donors (Lipinski definition) is 3. The first kappa shape index (κ1) is 28.5. The third kappa shape index (κ3) is 4.02. The molecule has 4 fully saturated rings. The van der Waals surface area contributed by atoms with Gasteiger partial charge in [-0.05, 0) is 49.8 Å². The summed E-state index contributed by atoms with van der Waals surface area (Å²) in [6.07, 6.45) is 5.13. The van der Waals surface area contributed by atoms with Gasteiger partial charge in [-0.15, -0.1) is 11.3 Å². The number of hydrogen-bond acceptors (Lipinski definition) is 12. The first-order chi connectivity index (χ1) is 22.4. The van der Waals surface area contributed by atoms with E-state index in [1.165, 1.54) is 0 Å². The van der Waals surface area contributed by atoms with Gasteiger partial charge in [-0.3, -0.25) is 9.88 Å². The van der Waals surface area contributed by atoms with Gasteiger partial charge in [-0.2, -0.15) is 15.2 Å². The van der Waals surface area contributed by atoms with Crippen LogP contribution in [0.5, 0.6) is 6.01 Å². The second-order valence-corrected chi connectivity index (χ2v) is 14.2. The second kappa shape index (κ2) is 10.4. The average molecular weight is 647 g/mol. The van der Waals surface area contributed by atoms with Crippen molar-refractivity contribution >= 4 is 43.1 Å². The van der Waals surface area contributed by atoms with Crippen LogP contribution in [0, 0.1) is 23.0 Å². The van der Waals surface area contributed by atoms with Crippen LogP contribution in [0.15, 0.2) is 6.20 Å². The maximum absolute atomic E-state index is 17.3. The van der Waals surface area contributed by atoms with Crippen molar-refractivity contribution < 1.29 is 23.4 Å². The highest BCUT2D eigenvalue weighted by atomic mass is 32.1. The maximum atomic E-state index is 17.3. The van der Waals surface area contributed by atoms with Gasteiger partial charge in [0.25, 0.3) is 0 Å². The van der Waals surface area contributed by atoms with E-state index < -0.39 is 17.7 Å². The lowest BCUT2D eigenvalue weighted by molar-refractivity contribution is 0.107. The second-order valence-electron chi connectivity index (χ2n) is 13.2. The van der Waals surface area contributed by atoms with Crippen molar-refractivity contribution in [3.05, 3.63) is 34.5 Å². The largest absolute Gasteiger partial charge is 0.461 e. The van der Waals surface area contributed by atoms with Crippen molar-refractivity contribution in [3.8, 4) is 23.3 Å². The molecule has 11 nitrogen and oxygen atoms in total. The van der Waals surface area contributed by atoms with Crippen LogP contribution in [0.3, 0.4) is 0 Å². The highest BCUT2D eigenvalue weighted by molar-refractivity contribution is 7.23. The molecule has 46 heavy (non-hydrogen) atoms. The fourth-order valence-electron chi connectivity index (χ4n) is 8.69. The van der Waals surface area contributed by atoms with Crippen LogP contribution < -0.4 is 20.7 Å². The number of piperazine rings is 1. The molecule has 0 amide bonds. The monoisotopic (exact) mass is 646 g/mol. The summed E-state index contributed by atoms with van der Waals surface area (Å²) >= 11 is 0.945. The molecule has 1 aromatic carbocycles. The van der Waals surface area contributed by atoms with Crippen LogP contribution in [0.4, 0.5) is 19.6 Å². The van der Waals surface area contributed by atoms with E-state index in [1.54, 1.807) is 0 Å². The zero-order valence-electron chi connectivity index (χ0n) is 25.0. The van der Waals surface area contributed by atoms with Crippen molar-refractivity contribution in [2.24, 2.45) is 0 Å². The van der Waals surface area contributed by atoms with Crippen LogP contribution in [0.2, 0.25) is 0 Å². The number of nitrogens with one attached hydrogen (secondary N) is 1. The van der Waals surface area contributed by atoms with E-state index in [9.17, 15) is 14.8 Å². The number of halogens is 2. The number of nitrogens with zero attached hydrogens (tertiary/aromatic N) is 6. The Labute approximate surface area is 266 Å². The van der Waals surface area contributed by atoms with Gasteiger partial charge in [-0.25, -0.2) is 8.78 Å². The van der Waals surface area contributed by atoms with E-state index in [0.29, 0.717) is 29.7 Å². The lowest BCUT2D eigenvalue weighted by atomic mass is 9.93. The lowest BCUT2D eigenvalue weighted by Crippen LogP contribution is -2.52. The van der Waals surface area contributed by atoms with Crippen molar-refractivity contribution in [1.82, 2.24) is 25.2 Å². The van der Waals surface area contributed by atoms with Crippen LogP contribution in [-0.4, -0.2) is 81.5 Å². The summed E-state index contributed by atoms with van der Waals surface area (Å²) in [5, 5.41) is 24.8. The van der Waals surface area contributed by atoms with Gasteiger partial charge >= 0.3 is 6.01 Å². The predicted molar refractivity (Wildman–Crippen MR) is 168 cm³/mol. The number of ether oxygens (including phenoxy) is 2. The van der Waals surface area contributed by atoms with E-state index in [1.807, 2.05) is 0 Å². The summed E-state index contributed by atoms with van der Waals surface area (Å²) in [5.74, 6) is -0.651. The number of thiophene rings is 1. The Morgan fingerprint density at radius 1 is 1.20 bits per heavy atom. The molecule has 4 unspecified atom stereocenters. The van der Waals surface area contributed by atoms with E-state index in [4.69, 9.17) is 25.2 Å². The minimum Gasteiger partial charge on any atom is -0.461 e. The molecular weight excluding hydrogens is 614 g/mol. The SMILES string of the molecule is N#Cc1c(N)sc2c(F)cnc(-c3c4c(c5c(N6C7CCC6CNC7)nc(OCC67CCCN6CC(O)C7)nc5c3F)COC4)c12. The van der Waals surface area contributed by atoms with Gasteiger partial charge in [0.2, 0.25) is 0 Å². The minimum atomic E-state index is -0.652. The number of aliphatic hydroxyl groups is 1. The number of β-amino-alcohol motifs (C(OH)–C–C–N with tert-alkyl or cyclic N) is 1. The number of nitrogen functional groups attached to an aromatic ring is 1. The molecule has 0 saturated carbocycles. The van der Waals surface area contributed by atoms with Crippen molar-refractivity contribution in [2.45, 2.75) is 69.0 Å². The Bertz CT molecular complexity index is 1970. The van der Waals surface area contributed by atoms with E-state index >= 15 is 4.39 Å². The number of anilines is 2. The van der Waals surface area contributed by atoms with Gasteiger partial charge in [0.05, 0.1) is 52.4 Å². The number of nitriles is 1. The van der Waals surface area contributed by atoms with Crippen LogP contribution >= 0.6 is 11.3 Å². The Morgan fingerprint density at radius 2 is 2.00 bits per heavy atom. The Balaban J connectivity index is 1.27. The fraction of sp³-hybridized carbons (Fsp3) is 0.500. The average Bonchev–Trinajstić information content (AvgIpc) is 3.85.